The Morgan fingerprint density at radius 3 is 2.05 bits per heavy atom. The van der Waals surface area contributed by atoms with Crippen molar-refractivity contribution in [3.63, 3.8) is 0 Å². The SMILES string of the molecule is CCCCc1ccc(S(=O)(=O)N2CCN(c3cc(S(=O)(=O)N(C)CCc4ccccc4)ccc3OC)CC2)cc1. The smallest absolute Gasteiger partial charge is 0.243 e. The number of benzene rings is 3. The highest BCUT2D eigenvalue weighted by molar-refractivity contribution is 7.89. The average molecular weight is 586 g/mol. The maximum atomic E-state index is 13.4. The molecule has 10 heteroatoms. The maximum Gasteiger partial charge on any atom is 0.243 e. The zero-order valence-corrected chi connectivity index (χ0v) is 25.1. The number of unbranched alkanes of at least 4 members (excludes halogenated alkanes) is 1. The van der Waals surface area contributed by atoms with Gasteiger partial charge in [0.1, 0.15) is 5.75 Å². The van der Waals surface area contributed by atoms with Crippen molar-refractivity contribution in [1.29, 1.82) is 0 Å². The van der Waals surface area contributed by atoms with Crippen LogP contribution in [0.4, 0.5) is 5.69 Å². The number of nitrogens with zero attached hydrogens (tertiary/aromatic N) is 3. The Kier molecular flexibility index (Phi) is 9.89. The summed E-state index contributed by atoms with van der Waals surface area (Å²) in [6.07, 6.45) is 3.71. The first-order valence-electron chi connectivity index (χ1n) is 13.7. The van der Waals surface area contributed by atoms with Crippen molar-refractivity contribution in [2.24, 2.45) is 0 Å². The highest BCUT2D eigenvalue weighted by Crippen LogP contribution is 2.33. The van der Waals surface area contributed by atoms with Crippen LogP contribution in [0, 0.1) is 0 Å². The molecule has 0 amide bonds. The van der Waals surface area contributed by atoms with E-state index in [1.165, 1.54) is 8.61 Å². The number of hydrogen-bond acceptors (Lipinski definition) is 6. The van der Waals surface area contributed by atoms with Gasteiger partial charge in [-0.3, -0.25) is 0 Å². The molecule has 0 aliphatic carbocycles. The first-order valence-corrected chi connectivity index (χ1v) is 16.6. The fraction of sp³-hybridized carbons (Fsp3) is 0.400. The third-order valence-electron chi connectivity index (χ3n) is 7.38. The van der Waals surface area contributed by atoms with E-state index in [4.69, 9.17) is 4.74 Å². The number of sulfonamides is 2. The molecule has 0 radical (unpaired) electrons. The van der Waals surface area contributed by atoms with Gasteiger partial charge in [-0.1, -0.05) is 55.8 Å². The van der Waals surface area contributed by atoms with Gasteiger partial charge in [0.2, 0.25) is 20.0 Å². The van der Waals surface area contributed by atoms with Crippen LogP contribution >= 0.6 is 0 Å². The molecule has 0 spiro atoms. The minimum atomic E-state index is -3.73. The van der Waals surface area contributed by atoms with Crippen LogP contribution in [0.15, 0.2) is 82.6 Å². The molecule has 1 saturated heterocycles. The lowest BCUT2D eigenvalue weighted by atomic mass is 10.1. The van der Waals surface area contributed by atoms with E-state index in [2.05, 4.69) is 6.92 Å². The number of rotatable bonds is 12. The van der Waals surface area contributed by atoms with Gasteiger partial charge in [0.25, 0.3) is 0 Å². The Labute approximate surface area is 239 Å². The van der Waals surface area contributed by atoms with Gasteiger partial charge in [0, 0.05) is 39.8 Å². The summed E-state index contributed by atoms with van der Waals surface area (Å²) in [4.78, 5) is 2.46. The number of piperazine rings is 1. The monoisotopic (exact) mass is 585 g/mol. The summed E-state index contributed by atoms with van der Waals surface area (Å²) in [5.41, 5.74) is 2.84. The zero-order valence-electron chi connectivity index (χ0n) is 23.5. The number of aryl methyl sites for hydroxylation is 1. The Morgan fingerprint density at radius 1 is 0.800 bits per heavy atom. The molecule has 0 aromatic heterocycles. The molecule has 216 valence electrons. The Morgan fingerprint density at radius 2 is 1.43 bits per heavy atom. The van der Waals surface area contributed by atoms with Gasteiger partial charge in [-0.25, -0.2) is 21.1 Å². The van der Waals surface area contributed by atoms with Gasteiger partial charge in [0.05, 0.1) is 22.6 Å². The minimum Gasteiger partial charge on any atom is -0.495 e. The van der Waals surface area contributed by atoms with E-state index in [1.807, 2.05) is 47.4 Å². The first kappa shape index (κ1) is 30.0. The van der Waals surface area contributed by atoms with Crippen LogP contribution in [0.25, 0.3) is 0 Å². The fourth-order valence-electron chi connectivity index (χ4n) is 4.84. The van der Waals surface area contributed by atoms with Crippen molar-refractivity contribution in [2.45, 2.75) is 42.4 Å². The number of ether oxygens (including phenoxy) is 1. The van der Waals surface area contributed by atoms with Gasteiger partial charge in [0.15, 0.2) is 0 Å². The molecule has 0 atom stereocenters. The van der Waals surface area contributed by atoms with E-state index in [1.54, 1.807) is 44.5 Å². The van der Waals surface area contributed by atoms with Crippen LogP contribution < -0.4 is 9.64 Å². The number of hydrogen-bond donors (Lipinski definition) is 0. The summed E-state index contributed by atoms with van der Waals surface area (Å²) in [7, 11) is -4.22. The summed E-state index contributed by atoms with van der Waals surface area (Å²) in [6, 6.07) is 21.8. The second-order valence-corrected chi connectivity index (χ2v) is 14.0. The third kappa shape index (κ3) is 6.86. The van der Waals surface area contributed by atoms with E-state index in [-0.39, 0.29) is 18.0 Å². The predicted octanol–water partition coefficient (Wildman–Crippen LogP) is 4.41. The average Bonchev–Trinajstić information content (AvgIpc) is 2.99. The molecule has 1 fully saturated rings. The molecule has 3 aromatic carbocycles. The molecule has 0 N–H and O–H groups in total. The van der Waals surface area contributed by atoms with Crippen molar-refractivity contribution >= 4 is 25.7 Å². The van der Waals surface area contributed by atoms with Gasteiger partial charge in [-0.05, 0) is 60.7 Å². The molecule has 0 bridgehead atoms. The topological polar surface area (TPSA) is 87.2 Å². The molecule has 0 unspecified atom stereocenters. The Balaban J connectivity index is 1.46. The van der Waals surface area contributed by atoms with Gasteiger partial charge < -0.3 is 9.64 Å². The van der Waals surface area contributed by atoms with Crippen LogP contribution in [0.5, 0.6) is 5.75 Å². The summed E-state index contributed by atoms with van der Waals surface area (Å²) < 4.78 is 61.8. The lowest BCUT2D eigenvalue weighted by molar-refractivity contribution is 0.378. The van der Waals surface area contributed by atoms with Crippen molar-refractivity contribution in [3.8, 4) is 5.75 Å². The summed E-state index contributed by atoms with van der Waals surface area (Å²) >= 11 is 0. The summed E-state index contributed by atoms with van der Waals surface area (Å²) in [6.45, 7) is 3.89. The van der Waals surface area contributed by atoms with Gasteiger partial charge >= 0.3 is 0 Å². The third-order valence-corrected chi connectivity index (χ3v) is 11.1. The number of methoxy groups -OCH3 is 1. The Bertz CT molecular complexity index is 1470. The van der Waals surface area contributed by atoms with Gasteiger partial charge in [-0.15, -0.1) is 0 Å². The molecule has 3 aromatic rings. The van der Waals surface area contributed by atoms with Crippen LogP contribution in [-0.4, -0.2) is 72.3 Å². The molecule has 4 rings (SSSR count). The van der Waals surface area contributed by atoms with Crippen molar-refractivity contribution in [2.75, 3.05) is 51.8 Å². The van der Waals surface area contributed by atoms with Crippen LogP contribution in [0.3, 0.4) is 0 Å². The Hall–Kier alpha value is -2.92. The first-order chi connectivity index (χ1) is 19.2. The molecule has 0 saturated carbocycles. The van der Waals surface area contributed by atoms with E-state index >= 15 is 0 Å². The maximum absolute atomic E-state index is 13.4. The highest BCUT2D eigenvalue weighted by atomic mass is 32.2. The summed E-state index contributed by atoms with van der Waals surface area (Å²) in [5.74, 6) is 0.546. The van der Waals surface area contributed by atoms with Gasteiger partial charge in [-0.2, -0.15) is 4.31 Å². The van der Waals surface area contributed by atoms with E-state index in [0.29, 0.717) is 42.4 Å². The molecular formula is C30H39N3O5S2. The number of likely N-dealkylation sites (N-methyl/N-ethyl adjacent to an activating group) is 1. The largest absolute Gasteiger partial charge is 0.495 e. The lowest BCUT2D eigenvalue weighted by Crippen LogP contribution is -2.48. The van der Waals surface area contributed by atoms with Crippen molar-refractivity contribution in [3.05, 3.63) is 83.9 Å². The van der Waals surface area contributed by atoms with E-state index in [9.17, 15) is 16.8 Å². The molecular weight excluding hydrogens is 546 g/mol. The molecule has 1 heterocycles. The standard InChI is InChI=1S/C30H39N3O5S2/c1-4-5-9-26-12-14-27(15-13-26)40(36,37)33-22-20-32(21-23-33)29-24-28(16-17-30(29)38-3)39(34,35)31(2)19-18-25-10-7-6-8-11-25/h6-8,10-17,24H,4-5,9,18-23H2,1-3H3. The summed E-state index contributed by atoms with van der Waals surface area (Å²) in [5, 5.41) is 0. The second kappa shape index (κ2) is 13.2. The van der Waals surface area contributed by atoms with E-state index in [0.717, 1.165) is 30.4 Å². The van der Waals surface area contributed by atoms with Crippen molar-refractivity contribution in [1.82, 2.24) is 8.61 Å². The lowest BCUT2D eigenvalue weighted by Gasteiger charge is -2.36. The highest BCUT2D eigenvalue weighted by Gasteiger charge is 2.30. The van der Waals surface area contributed by atoms with Crippen LogP contribution in [0.1, 0.15) is 30.9 Å². The van der Waals surface area contributed by atoms with Crippen LogP contribution in [0.2, 0.25) is 0 Å². The second-order valence-electron chi connectivity index (χ2n) is 10.0. The molecule has 8 nitrogen and oxygen atoms in total. The van der Waals surface area contributed by atoms with Crippen molar-refractivity contribution < 1.29 is 21.6 Å². The van der Waals surface area contributed by atoms with Crippen LogP contribution in [-0.2, 0) is 32.9 Å². The molecule has 40 heavy (non-hydrogen) atoms. The predicted molar refractivity (Wildman–Crippen MR) is 159 cm³/mol. The fourth-order valence-corrected chi connectivity index (χ4v) is 7.45. The van der Waals surface area contributed by atoms with E-state index < -0.39 is 20.0 Å². The minimum absolute atomic E-state index is 0.178. The normalized spacial score (nSPS) is 14.9. The molecule has 1 aliphatic heterocycles. The molecule has 1 aliphatic rings. The quantitative estimate of drug-likeness (QED) is 0.313. The number of anilines is 1. The zero-order chi connectivity index (χ0) is 28.8.